The van der Waals surface area contributed by atoms with Crippen molar-refractivity contribution in [1.82, 2.24) is 29.5 Å². The van der Waals surface area contributed by atoms with Crippen molar-refractivity contribution in [3.05, 3.63) is 54.6 Å². The van der Waals surface area contributed by atoms with Crippen LogP contribution in [-0.4, -0.2) is 90.3 Å². The summed E-state index contributed by atoms with van der Waals surface area (Å²) < 4.78 is 57.8. The Balaban J connectivity index is 1.15. The Morgan fingerprint density at radius 3 is 2.48 bits per heavy atom. The molecule has 0 unspecified atom stereocenters. The van der Waals surface area contributed by atoms with Crippen molar-refractivity contribution in [2.45, 2.75) is 30.7 Å². The Hall–Kier alpha value is -4.45. The van der Waals surface area contributed by atoms with Crippen LogP contribution in [0.15, 0.2) is 49.1 Å². The number of nitrogens with zero attached hydrogens (tertiary/aromatic N) is 6. The summed E-state index contributed by atoms with van der Waals surface area (Å²) in [4.78, 5) is 21.5. The molecule has 1 aliphatic heterocycles. The van der Waals surface area contributed by atoms with Gasteiger partial charge in [0.25, 0.3) is 0 Å². The predicted molar refractivity (Wildman–Crippen MR) is 165 cm³/mol. The fourth-order valence-corrected chi connectivity index (χ4v) is 6.04. The van der Waals surface area contributed by atoms with E-state index in [1.54, 1.807) is 12.1 Å². The highest BCUT2D eigenvalue weighted by atomic mass is 32.2. The van der Waals surface area contributed by atoms with Crippen LogP contribution in [0.25, 0.3) is 33.5 Å². The molecule has 1 saturated heterocycles. The van der Waals surface area contributed by atoms with Gasteiger partial charge in [-0.25, -0.2) is 24.9 Å². The number of alkyl halides is 3. The molecule has 0 bridgehead atoms. The molecule has 0 aliphatic carbocycles. The van der Waals surface area contributed by atoms with Crippen LogP contribution in [0.1, 0.15) is 11.8 Å². The smallest absolute Gasteiger partial charge is 0.416 e. The average Bonchev–Trinajstić information content (AvgIpc) is 3.60. The Morgan fingerprint density at radius 2 is 1.76 bits per heavy atom. The highest BCUT2D eigenvalue weighted by Crippen LogP contribution is 2.37. The lowest BCUT2D eigenvalue weighted by Gasteiger charge is -2.16. The van der Waals surface area contributed by atoms with Crippen molar-refractivity contribution >= 4 is 45.5 Å². The number of halogens is 3. The van der Waals surface area contributed by atoms with Gasteiger partial charge < -0.3 is 35.5 Å². The number of nitrogen functional groups attached to an aromatic ring is 1. The summed E-state index contributed by atoms with van der Waals surface area (Å²) in [6.07, 6.45) is -5.71. The normalized spacial score (nSPS) is 20.0. The van der Waals surface area contributed by atoms with Gasteiger partial charge >= 0.3 is 6.18 Å². The van der Waals surface area contributed by atoms with Crippen molar-refractivity contribution in [3.63, 3.8) is 0 Å². The Bertz CT molecular complexity index is 1860. The number of anilines is 2. The van der Waals surface area contributed by atoms with Gasteiger partial charge in [0.05, 0.1) is 37.7 Å². The summed E-state index contributed by atoms with van der Waals surface area (Å²) in [6, 6.07) is 8.03. The van der Waals surface area contributed by atoms with Crippen LogP contribution >= 0.6 is 11.8 Å². The zero-order valence-corrected chi connectivity index (χ0v) is 25.3. The van der Waals surface area contributed by atoms with E-state index in [0.29, 0.717) is 63.0 Å². The standard InChI is InChI=1S/C29H29F3N8O5S/c1-43-18-9-16-17(10-19(18)44-2)38-25(14-3-5-15(6-4-14)29(30,31)32)39-26(16)34-7-8-46-11-20-22(41)23(42)28(45-20)40-13-37-21-24(33)35-12-36-27(21)40/h3-6,9-10,12-13,20,22-23,28,41-42H,7-8,11H2,1-2H3,(H2,33,35,36)(H,34,38,39)/t20-,22-,23-,28-/m1/s1. The maximum atomic E-state index is 13.1. The molecule has 3 aromatic heterocycles. The summed E-state index contributed by atoms with van der Waals surface area (Å²) in [5.74, 6) is 2.68. The SMILES string of the molecule is COc1cc2nc(-c3ccc(C(F)(F)F)cc3)nc(NCCSC[C@H]3O[C@@H](n4cnc5c(N)ncnc54)[C@H](O)[C@@H]3O)c2cc1OC. The molecule has 6 rings (SSSR count). The van der Waals surface area contributed by atoms with E-state index in [2.05, 4.69) is 30.2 Å². The van der Waals surface area contributed by atoms with E-state index >= 15 is 0 Å². The second-order valence-corrected chi connectivity index (χ2v) is 11.5. The summed E-state index contributed by atoms with van der Waals surface area (Å²) in [5.41, 5.74) is 6.74. The molecule has 46 heavy (non-hydrogen) atoms. The van der Waals surface area contributed by atoms with Gasteiger partial charge in [0, 0.05) is 35.1 Å². The van der Waals surface area contributed by atoms with Crippen LogP contribution < -0.4 is 20.5 Å². The van der Waals surface area contributed by atoms with E-state index in [9.17, 15) is 23.4 Å². The van der Waals surface area contributed by atoms with Gasteiger partial charge in [-0.15, -0.1) is 0 Å². The molecule has 0 spiro atoms. The van der Waals surface area contributed by atoms with Crippen LogP contribution in [0.4, 0.5) is 24.8 Å². The number of ether oxygens (including phenoxy) is 3. The molecule has 1 fully saturated rings. The topological polar surface area (TPSA) is 176 Å². The molecular weight excluding hydrogens is 629 g/mol. The van der Waals surface area contributed by atoms with Crippen LogP contribution in [-0.2, 0) is 10.9 Å². The number of hydrogen-bond acceptors (Lipinski definition) is 13. The zero-order chi connectivity index (χ0) is 32.6. The molecule has 4 heterocycles. The third-order valence-corrected chi connectivity index (χ3v) is 8.55. The first-order valence-electron chi connectivity index (χ1n) is 14.0. The third-order valence-electron chi connectivity index (χ3n) is 7.49. The number of thioether (sulfide) groups is 1. The van der Waals surface area contributed by atoms with E-state index in [4.69, 9.17) is 19.9 Å². The molecule has 13 nitrogen and oxygen atoms in total. The molecular formula is C29H29F3N8O5S. The minimum Gasteiger partial charge on any atom is -0.493 e. The van der Waals surface area contributed by atoms with E-state index in [1.165, 1.54) is 55.3 Å². The number of nitrogens with one attached hydrogen (secondary N) is 1. The predicted octanol–water partition coefficient (Wildman–Crippen LogP) is 3.52. The Kier molecular flexibility index (Phi) is 8.73. The highest BCUT2D eigenvalue weighted by molar-refractivity contribution is 7.99. The first-order valence-corrected chi connectivity index (χ1v) is 15.1. The van der Waals surface area contributed by atoms with Gasteiger partial charge in [-0.05, 0) is 18.2 Å². The van der Waals surface area contributed by atoms with Gasteiger partial charge in [-0.2, -0.15) is 24.9 Å². The van der Waals surface area contributed by atoms with E-state index in [-0.39, 0.29) is 11.6 Å². The number of imidazole rings is 1. The number of aliphatic hydroxyl groups excluding tert-OH is 2. The van der Waals surface area contributed by atoms with E-state index in [1.807, 2.05) is 0 Å². The molecule has 0 amide bonds. The highest BCUT2D eigenvalue weighted by Gasteiger charge is 2.44. The fraction of sp³-hybridized carbons (Fsp3) is 0.345. The van der Waals surface area contributed by atoms with Crippen LogP contribution in [0.2, 0.25) is 0 Å². The minimum absolute atomic E-state index is 0.192. The van der Waals surface area contributed by atoms with Crippen LogP contribution in [0, 0.1) is 0 Å². The number of aliphatic hydroxyl groups is 2. The molecule has 5 N–H and O–H groups in total. The maximum absolute atomic E-state index is 13.1. The number of nitrogens with two attached hydrogens (primary N) is 1. The minimum atomic E-state index is -4.47. The summed E-state index contributed by atoms with van der Waals surface area (Å²) in [6.45, 7) is 0.425. The summed E-state index contributed by atoms with van der Waals surface area (Å²) >= 11 is 1.48. The largest absolute Gasteiger partial charge is 0.493 e. The van der Waals surface area contributed by atoms with Gasteiger partial charge in [0.1, 0.15) is 29.9 Å². The molecule has 1 aliphatic rings. The molecule has 5 aromatic rings. The third kappa shape index (κ3) is 6.05. The Morgan fingerprint density at radius 1 is 1.02 bits per heavy atom. The first-order chi connectivity index (χ1) is 22.1. The lowest BCUT2D eigenvalue weighted by atomic mass is 10.1. The van der Waals surface area contributed by atoms with Gasteiger partial charge in [0.2, 0.25) is 0 Å². The molecule has 4 atom stereocenters. The molecule has 242 valence electrons. The monoisotopic (exact) mass is 658 g/mol. The number of fused-ring (bicyclic) bond motifs is 2. The second kappa shape index (κ2) is 12.7. The van der Waals surface area contributed by atoms with Crippen molar-refractivity contribution in [3.8, 4) is 22.9 Å². The number of hydrogen-bond donors (Lipinski definition) is 4. The quantitative estimate of drug-likeness (QED) is 0.161. The molecule has 0 radical (unpaired) electrons. The summed E-state index contributed by atoms with van der Waals surface area (Å²) in [5, 5.41) is 25.3. The van der Waals surface area contributed by atoms with Crippen molar-refractivity contribution in [2.24, 2.45) is 0 Å². The molecule has 17 heteroatoms. The van der Waals surface area contributed by atoms with E-state index < -0.39 is 36.3 Å². The lowest BCUT2D eigenvalue weighted by Crippen LogP contribution is -2.32. The second-order valence-electron chi connectivity index (χ2n) is 10.3. The average molecular weight is 659 g/mol. The van der Waals surface area contributed by atoms with Crippen molar-refractivity contribution in [1.29, 1.82) is 0 Å². The van der Waals surface area contributed by atoms with Crippen molar-refractivity contribution in [2.75, 3.05) is 43.3 Å². The fourth-order valence-electron chi connectivity index (χ4n) is 5.12. The lowest BCUT2D eigenvalue weighted by molar-refractivity contribution is -0.137. The van der Waals surface area contributed by atoms with Crippen LogP contribution in [0.5, 0.6) is 11.5 Å². The summed E-state index contributed by atoms with van der Waals surface area (Å²) in [7, 11) is 3.00. The van der Waals surface area contributed by atoms with Crippen LogP contribution in [0.3, 0.4) is 0 Å². The number of benzene rings is 2. The van der Waals surface area contributed by atoms with Gasteiger partial charge in [-0.1, -0.05) is 12.1 Å². The maximum Gasteiger partial charge on any atom is 0.416 e. The van der Waals surface area contributed by atoms with Gasteiger partial charge in [0.15, 0.2) is 35.0 Å². The molecule has 0 saturated carbocycles. The zero-order valence-electron chi connectivity index (χ0n) is 24.5. The number of methoxy groups -OCH3 is 2. The number of rotatable bonds is 10. The van der Waals surface area contributed by atoms with Gasteiger partial charge in [-0.3, -0.25) is 4.57 Å². The van der Waals surface area contributed by atoms with Crippen molar-refractivity contribution < 1.29 is 37.6 Å². The Labute approximate surface area is 264 Å². The van der Waals surface area contributed by atoms with E-state index in [0.717, 1.165) is 12.1 Å². The first kappa shape index (κ1) is 31.5. The number of aromatic nitrogens is 6. The molecule has 2 aromatic carbocycles.